The lowest BCUT2D eigenvalue weighted by Gasteiger charge is -2.10. The highest BCUT2D eigenvalue weighted by Gasteiger charge is 2.23. The lowest BCUT2D eigenvalue weighted by atomic mass is 9.96. The summed E-state index contributed by atoms with van der Waals surface area (Å²) in [6, 6.07) is 37.0. The molecule has 0 spiro atoms. The Morgan fingerprint density at radius 3 is 2.29 bits per heavy atom. The Balaban J connectivity index is 1.43. The van der Waals surface area contributed by atoms with Crippen molar-refractivity contribution in [2.24, 2.45) is 5.41 Å². The van der Waals surface area contributed by atoms with Gasteiger partial charge >= 0.3 is 0 Å². The maximum atomic E-state index is 5.43. The summed E-state index contributed by atoms with van der Waals surface area (Å²) >= 11 is 1.85. The van der Waals surface area contributed by atoms with Gasteiger partial charge in [0, 0.05) is 47.1 Å². The Hall–Kier alpha value is -4.80. The summed E-state index contributed by atoms with van der Waals surface area (Å²) in [5.74, 6) is 0.709. The minimum absolute atomic E-state index is 0.102. The van der Waals surface area contributed by atoms with Gasteiger partial charge in [-0.2, -0.15) is 0 Å². The van der Waals surface area contributed by atoms with Crippen molar-refractivity contribution in [3.63, 3.8) is 0 Å². The summed E-state index contributed by atoms with van der Waals surface area (Å²) in [5.41, 5.74) is 4.30. The topological polar surface area (TPSA) is 30.7 Å². The number of thiophene rings is 1. The zero-order valence-corrected chi connectivity index (χ0v) is 23.5. The summed E-state index contributed by atoms with van der Waals surface area (Å²) in [4.78, 5) is 10.7. The minimum Gasteiger partial charge on any atom is -0.278 e. The molecule has 194 valence electrons. The van der Waals surface area contributed by atoms with Gasteiger partial charge in [-0.1, -0.05) is 105 Å². The molecule has 41 heavy (non-hydrogen) atoms. The molecule has 8 aromatic rings. The molecule has 3 nitrogen and oxygen atoms in total. The first-order valence-electron chi connectivity index (χ1n) is 14.0. The quantitative estimate of drug-likeness (QED) is 0.219. The van der Waals surface area contributed by atoms with Gasteiger partial charge in [0.2, 0.25) is 5.95 Å². The molecule has 0 aliphatic heterocycles. The lowest BCUT2D eigenvalue weighted by molar-refractivity contribution is 0.723. The molecule has 4 heteroatoms. The summed E-state index contributed by atoms with van der Waals surface area (Å²) < 4.78 is 4.82. The molecule has 0 atom stereocenters. The van der Waals surface area contributed by atoms with Crippen molar-refractivity contribution in [3.05, 3.63) is 114 Å². The second-order valence-electron chi connectivity index (χ2n) is 11.6. The van der Waals surface area contributed by atoms with Crippen LogP contribution < -0.4 is 10.6 Å². The van der Waals surface area contributed by atoms with Crippen molar-refractivity contribution < 1.29 is 0 Å². The maximum absolute atomic E-state index is 5.43. The molecule has 0 fully saturated rings. The molecule has 0 N–H and O–H groups in total. The van der Waals surface area contributed by atoms with E-state index in [-0.39, 0.29) is 5.41 Å². The summed E-state index contributed by atoms with van der Waals surface area (Å²) in [6.07, 6.45) is 4.61. The predicted molar refractivity (Wildman–Crippen MR) is 174 cm³/mol. The minimum atomic E-state index is -0.102. The van der Waals surface area contributed by atoms with E-state index >= 15 is 0 Å². The predicted octanol–water partition coefficient (Wildman–Crippen LogP) is 8.36. The maximum Gasteiger partial charge on any atom is 0.235 e. The average molecular weight is 544 g/mol. The molecule has 0 radical (unpaired) electrons. The molecule has 9 rings (SSSR count). The smallest absolute Gasteiger partial charge is 0.235 e. The number of rotatable bonds is 2. The van der Waals surface area contributed by atoms with Crippen LogP contribution in [0, 0.1) is 5.41 Å². The van der Waals surface area contributed by atoms with E-state index in [9.17, 15) is 0 Å². The largest absolute Gasteiger partial charge is 0.278 e. The summed E-state index contributed by atoms with van der Waals surface area (Å²) in [6.45, 7) is 4.48. The van der Waals surface area contributed by atoms with E-state index in [4.69, 9.17) is 9.97 Å². The molecular weight excluding hydrogens is 518 g/mol. The third-order valence-electron chi connectivity index (χ3n) is 8.41. The molecule has 3 heterocycles. The van der Waals surface area contributed by atoms with Gasteiger partial charge in [-0.15, -0.1) is 11.3 Å². The molecule has 0 bridgehead atoms. The van der Waals surface area contributed by atoms with Crippen LogP contribution >= 0.6 is 11.3 Å². The van der Waals surface area contributed by atoms with Crippen LogP contribution in [-0.4, -0.2) is 14.5 Å². The van der Waals surface area contributed by atoms with Crippen LogP contribution in [-0.2, 0) is 0 Å². The van der Waals surface area contributed by atoms with Crippen molar-refractivity contribution in [1.29, 1.82) is 0 Å². The van der Waals surface area contributed by atoms with Crippen molar-refractivity contribution in [2.45, 2.75) is 13.8 Å². The van der Waals surface area contributed by atoms with Crippen molar-refractivity contribution >= 4 is 76.2 Å². The highest BCUT2D eigenvalue weighted by molar-refractivity contribution is 7.26. The van der Waals surface area contributed by atoms with E-state index in [2.05, 4.69) is 134 Å². The number of nitrogens with zero attached hydrogens (tertiary/aromatic N) is 3. The van der Waals surface area contributed by atoms with Crippen LogP contribution in [0.1, 0.15) is 13.8 Å². The van der Waals surface area contributed by atoms with Crippen LogP contribution in [0.3, 0.4) is 0 Å². The lowest BCUT2D eigenvalue weighted by Crippen LogP contribution is -2.30. The fourth-order valence-corrected chi connectivity index (χ4v) is 7.90. The first-order chi connectivity index (χ1) is 20.1. The van der Waals surface area contributed by atoms with E-state index in [1.165, 1.54) is 41.7 Å². The second kappa shape index (κ2) is 8.12. The highest BCUT2D eigenvalue weighted by atomic mass is 32.1. The van der Waals surface area contributed by atoms with Gasteiger partial charge in [-0.25, -0.2) is 9.97 Å². The highest BCUT2D eigenvalue weighted by Crippen LogP contribution is 2.40. The fourth-order valence-electron chi connectivity index (χ4n) is 6.69. The van der Waals surface area contributed by atoms with Crippen molar-refractivity contribution in [3.8, 4) is 17.2 Å². The first-order valence-corrected chi connectivity index (χ1v) is 14.8. The van der Waals surface area contributed by atoms with E-state index in [1.54, 1.807) is 0 Å². The monoisotopic (exact) mass is 543 g/mol. The van der Waals surface area contributed by atoms with Crippen molar-refractivity contribution in [1.82, 2.24) is 14.5 Å². The van der Waals surface area contributed by atoms with Gasteiger partial charge in [0.05, 0.1) is 22.1 Å². The van der Waals surface area contributed by atoms with E-state index < -0.39 is 0 Å². The van der Waals surface area contributed by atoms with Gasteiger partial charge in [0.15, 0.2) is 0 Å². The zero-order valence-electron chi connectivity index (χ0n) is 22.7. The Kier molecular flexibility index (Phi) is 4.55. The molecule has 1 aliphatic rings. The van der Waals surface area contributed by atoms with Gasteiger partial charge in [0.25, 0.3) is 0 Å². The standard InChI is InChI=1S/C37H25N3S/c1-37(2)20-28-29(21-37)38-36(39-34(28)27-15-9-14-25-24-12-6-8-17-32(24)41-35(25)27)40-30-16-7-5-13-26(30)33-23-11-4-3-10-22(23)18-19-31(33)40/h3-21H,1-2H3. The number of hydrogen-bond acceptors (Lipinski definition) is 3. The molecule has 0 saturated carbocycles. The third-order valence-corrected chi connectivity index (χ3v) is 9.63. The molecule has 1 aliphatic carbocycles. The Morgan fingerprint density at radius 1 is 0.634 bits per heavy atom. The van der Waals surface area contributed by atoms with Crippen LogP contribution in [0.4, 0.5) is 0 Å². The van der Waals surface area contributed by atoms with Crippen LogP contribution in [0.5, 0.6) is 0 Å². The van der Waals surface area contributed by atoms with Gasteiger partial charge in [0.1, 0.15) is 0 Å². The van der Waals surface area contributed by atoms with E-state index in [0.717, 1.165) is 32.9 Å². The molecule has 0 amide bonds. The molecule has 0 saturated heterocycles. The fraction of sp³-hybridized carbons (Fsp3) is 0.0811. The third kappa shape index (κ3) is 3.25. The van der Waals surface area contributed by atoms with Crippen molar-refractivity contribution in [2.75, 3.05) is 0 Å². The molecule has 0 unspecified atom stereocenters. The van der Waals surface area contributed by atoms with E-state index in [1.807, 2.05) is 11.3 Å². The van der Waals surface area contributed by atoms with Gasteiger partial charge in [-0.05, 0) is 35.0 Å². The number of aromatic nitrogens is 3. The van der Waals surface area contributed by atoms with Gasteiger partial charge < -0.3 is 0 Å². The van der Waals surface area contributed by atoms with Crippen LogP contribution in [0.2, 0.25) is 0 Å². The normalized spacial score (nSPS) is 14.2. The SMILES string of the molecule is CC1(C)C=c2nc(-n3c4ccccc4c4c5ccccc5ccc43)nc(-c3cccc4c3sc3ccccc34)c2=C1. The summed E-state index contributed by atoms with van der Waals surface area (Å²) in [5, 5.41) is 9.64. The van der Waals surface area contributed by atoms with Crippen LogP contribution in [0.25, 0.3) is 82.1 Å². The zero-order chi connectivity index (χ0) is 27.3. The van der Waals surface area contributed by atoms with E-state index in [0.29, 0.717) is 5.95 Å². The Bertz CT molecular complexity index is 2510. The second-order valence-corrected chi connectivity index (χ2v) is 12.6. The molecular formula is C37H25N3S. The Labute approximate surface area is 240 Å². The summed E-state index contributed by atoms with van der Waals surface area (Å²) in [7, 11) is 0. The number of fused-ring (bicyclic) bond motifs is 9. The number of hydrogen-bond donors (Lipinski definition) is 0. The van der Waals surface area contributed by atoms with Gasteiger partial charge in [-0.3, -0.25) is 4.57 Å². The average Bonchev–Trinajstić information content (AvgIpc) is 3.64. The molecule has 5 aromatic carbocycles. The molecule has 3 aromatic heterocycles. The van der Waals surface area contributed by atoms with Crippen LogP contribution in [0.15, 0.2) is 103 Å². The Morgan fingerprint density at radius 2 is 1.39 bits per heavy atom. The number of benzene rings is 5. The number of para-hydroxylation sites is 1. The first kappa shape index (κ1) is 23.0.